The van der Waals surface area contributed by atoms with Crippen LogP contribution in [0.4, 0.5) is 10.1 Å². The van der Waals surface area contributed by atoms with Crippen LogP contribution in [0.3, 0.4) is 0 Å². The molecule has 2 aromatic carbocycles. The van der Waals surface area contributed by atoms with E-state index >= 15 is 0 Å². The molecule has 0 aliphatic carbocycles. The number of nitrogens with zero attached hydrogens (tertiary/aromatic N) is 3. The van der Waals surface area contributed by atoms with Crippen LogP contribution < -0.4 is 10.9 Å². The number of hydrogen-bond acceptors (Lipinski definition) is 5. The molecule has 1 unspecified atom stereocenters. The van der Waals surface area contributed by atoms with E-state index < -0.39 is 33.3 Å². The normalized spacial score (nSPS) is 15.2. The van der Waals surface area contributed by atoms with Gasteiger partial charge in [-0.3, -0.25) is 9.59 Å². The predicted octanol–water partition coefficient (Wildman–Crippen LogP) is 3.73. The van der Waals surface area contributed by atoms with Gasteiger partial charge in [0.05, 0.1) is 10.6 Å². The Morgan fingerprint density at radius 1 is 1.09 bits per heavy atom. The molecule has 3 aromatic rings. The lowest BCUT2D eigenvalue weighted by Crippen LogP contribution is -2.34. The summed E-state index contributed by atoms with van der Waals surface area (Å²) in [6.07, 6.45) is 1.96. The number of carbonyl (C=O) groups is 1. The summed E-state index contributed by atoms with van der Waals surface area (Å²) in [7, 11) is -3.64. The van der Waals surface area contributed by atoms with Crippen molar-refractivity contribution in [2.45, 2.75) is 44.0 Å². The lowest BCUT2D eigenvalue weighted by Gasteiger charge is -2.19. The maximum absolute atomic E-state index is 13.2. The van der Waals surface area contributed by atoms with Crippen molar-refractivity contribution < 1.29 is 17.6 Å². The molecule has 8 nitrogen and oxygen atoms in total. The molecule has 10 heteroatoms. The van der Waals surface area contributed by atoms with Gasteiger partial charge < -0.3 is 5.32 Å². The van der Waals surface area contributed by atoms with Gasteiger partial charge in [-0.15, -0.1) is 0 Å². The van der Waals surface area contributed by atoms with Crippen LogP contribution in [0.5, 0.6) is 0 Å². The van der Waals surface area contributed by atoms with Gasteiger partial charge in [0, 0.05) is 30.4 Å². The molecule has 35 heavy (non-hydrogen) atoms. The van der Waals surface area contributed by atoms with Crippen LogP contribution in [0.2, 0.25) is 0 Å². The van der Waals surface area contributed by atoms with E-state index in [1.807, 2.05) is 0 Å². The van der Waals surface area contributed by atoms with Crippen molar-refractivity contribution >= 4 is 21.6 Å². The standard InChI is InChI=1S/C25H27FN4O4S/c1-3-22(25(32)27-20-10-8-19(26)9-11-20)30-24(31)13-12-21(28-30)18-7-6-17(2)23(16-18)35(33,34)29-14-4-5-15-29/h6-13,16,22H,3-5,14-15H2,1-2H3,(H,27,32). The highest BCUT2D eigenvalue weighted by molar-refractivity contribution is 7.89. The van der Waals surface area contributed by atoms with E-state index in [2.05, 4.69) is 10.4 Å². The molecule has 1 aliphatic rings. The topological polar surface area (TPSA) is 101 Å². The summed E-state index contributed by atoms with van der Waals surface area (Å²) in [5.74, 6) is -0.892. The molecule has 1 aromatic heterocycles. The summed E-state index contributed by atoms with van der Waals surface area (Å²) >= 11 is 0. The van der Waals surface area contributed by atoms with Gasteiger partial charge in [-0.1, -0.05) is 19.1 Å². The van der Waals surface area contributed by atoms with Gasteiger partial charge in [0.1, 0.15) is 11.9 Å². The van der Waals surface area contributed by atoms with E-state index in [9.17, 15) is 22.4 Å². The van der Waals surface area contributed by atoms with Gasteiger partial charge in [-0.05, 0) is 68.1 Å². The molecule has 1 atom stereocenters. The number of sulfonamides is 1. The molecule has 0 spiro atoms. The third-order valence-electron chi connectivity index (χ3n) is 6.09. The minimum absolute atomic E-state index is 0.206. The average molecular weight is 499 g/mol. The number of amides is 1. The number of benzene rings is 2. The third kappa shape index (κ3) is 5.18. The van der Waals surface area contributed by atoms with Gasteiger partial charge in [-0.2, -0.15) is 9.40 Å². The molecule has 1 fully saturated rings. The van der Waals surface area contributed by atoms with Gasteiger partial charge in [0.15, 0.2) is 0 Å². The van der Waals surface area contributed by atoms with Crippen molar-refractivity contribution in [2.75, 3.05) is 18.4 Å². The average Bonchev–Trinajstić information content (AvgIpc) is 3.39. The fourth-order valence-electron chi connectivity index (χ4n) is 4.14. The van der Waals surface area contributed by atoms with Crippen molar-refractivity contribution in [1.29, 1.82) is 0 Å². The number of rotatable bonds is 7. The molecule has 1 saturated heterocycles. The summed E-state index contributed by atoms with van der Waals surface area (Å²) in [6, 6.07) is 12.3. The Labute approximate surface area is 203 Å². The zero-order chi connectivity index (χ0) is 25.2. The Morgan fingerprint density at radius 2 is 1.77 bits per heavy atom. The molecule has 184 valence electrons. The van der Waals surface area contributed by atoms with Crippen LogP contribution in [0.1, 0.15) is 37.8 Å². The fraction of sp³-hybridized carbons (Fsp3) is 0.320. The summed E-state index contributed by atoms with van der Waals surface area (Å²) in [6.45, 7) is 4.49. The minimum Gasteiger partial charge on any atom is -0.324 e. The number of nitrogens with one attached hydrogen (secondary N) is 1. The van der Waals surface area contributed by atoms with E-state index in [4.69, 9.17) is 0 Å². The highest BCUT2D eigenvalue weighted by Gasteiger charge is 2.29. The number of carbonyl (C=O) groups excluding carboxylic acids is 1. The number of aromatic nitrogens is 2. The summed E-state index contributed by atoms with van der Waals surface area (Å²) in [5, 5.41) is 7.10. The van der Waals surface area contributed by atoms with Crippen molar-refractivity contribution in [1.82, 2.24) is 14.1 Å². The molecule has 2 heterocycles. The molecular weight excluding hydrogens is 471 g/mol. The monoisotopic (exact) mass is 498 g/mol. The molecule has 1 amide bonds. The predicted molar refractivity (Wildman–Crippen MR) is 131 cm³/mol. The third-order valence-corrected chi connectivity index (χ3v) is 8.13. The van der Waals surface area contributed by atoms with Crippen LogP contribution >= 0.6 is 0 Å². The lowest BCUT2D eigenvalue weighted by molar-refractivity contribution is -0.119. The van der Waals surface area contributed by atoms with Crippen LogP contribution in [0.25, 0.3) is 11.3 Å². The van der Waals surface area contributed by atoms with Crippen LogP contribution in [0.15, 0.2) is 64.3 Å². The highest BCUT2D eigenvalue weighted by Crippen LogP contribution is 2.28. The summed E-state index contributed by atoms with van der Waals surface area (Å²) in [5.41, 5.74) is 1.45. The van der Waals surface area contributed by atoms with Crippen molar-refractivity contribution in [3.8, 4) is 11.3 Å². The van der Waals surface area contributed by atoms with Gasteiger partial charge in [-0.25, -0.2) is 17.5 Å². The minimum atomic E-state index is -3.64. The van der Waals surface area contributed by atoms with Crippen molar-refractivity contribution in [3.63, 3.8) is 0 Å². The second-order valence-corrected chi connectivity index (χ2v) is 10.4. The summed E-state index contributed by atoms with van der Waals surface area (Å²) < 4.78 is 42.1. The second-order valence-electron chi connectivity index (χ2n) is 8.51. The van der Waals surface area contributed by atoms with Crippen molar-refractivity contribution in [3.05, 3.63) is 76.3 Å². The smallest absolute Gasteiger partial charge is 0.267 e. The first-order valence-corrected chi connectivity index (χ1v) is 12.9. The van der Waals surface area contributed by atoms with Gasteiger partial charge in [0.2, 0.25) is 15.9 Å². The Balaban J connectivity index is 1.68. The summed E-state index contributed by atoms with van der Waals surface area (Å²) in [4.78, 5) is 25.8. The van der Waals surface area contributed by atoms with Gasteiger partial charge in [0.25, 0.3) is 5.56 Å². The first-order valence-electron chi connectivity index (χ1n) is 11.5. The number of anilines is 1. The Morgan fingerprint density at radius 3 is 2.43 bits per heavy atom. The lowest BCUT2D eigenvalue weighted by atomic mass is 10.1. The van der Waals surface area contributed by atoms with Crippen LogP contribution in [0, 0.1) is 12.7 Å². The highest BCUT2D eigenvalue weighted by atomic mass is 32.2. The number of aryl methyl sites for hydroxylation is 1. The Bertz CT molecular complexity index is 1400. The molecule has 1 aliphatic heterocycles. The molecular formula is C25H27FN4O4S. The van der Waals surface area contributed by atoms with Gasteiger partial charge >= 0.3 is 0 Å². The van der Waals surface area contributed by atoms with E-state index in [0.29, 0.717) is 35.6 Å². The quantitative estimate of drug-likeness (QED) is 0.535. The SMILES string of the molecule is CCC(C(=O)Nc1ccc(F)cc1)n1nc(-c2ccc(C)c(S(=O)(=O)N3CCCC3)c2)ccc1=O. The Hall–Kier alpha value is -3.37. The van der Waals surface area contributed by atoms with Crippen LogP contribution in [-0.4, -0.2) is 41.5 Å². The molecule has 4 rings (SSSR count). The maximum Gasteiger partial charge on any atom is 0.267 e. The van der Waals surface area contributed by atoms with Crippen LogP contribution in [-0.2, 0) is 14.8 Å². The molecule has 0 saturated carbocycles. The van der Waals surface area contributed by atoms with E-state index in [-0.39, 0.29) is 11.3 Å². The fourth-order valence-corrected chi connectivity index (χ4v) is 5.90. The largest absolute Gasteiger partial charge is 0.324 e. The number of hydrogen-bond donors (Lipinski definition) is 1. The Kier molecular flexibility index (Phi) is 7.13. The first-order chi connectivity index (χ1) is 16.7. The van der Waals surface area contributed by atoms with Crippen molar-refractivity contribution in [2.24, 2.45) is 0 Å². The molecule has 1 N–H and O–H groups in total. The zero-order valence-corrected chi connectivity index (χ0v) is 20.4. The van der Waals surface area contributed by atoms with E-state index in [1.165, 1.54) is 40.7 Å². The number of halogens is 1. The second kappa shape index (κ2) is 10.1. The first kappa shape index (κ1) is 24.7. The zero-order valence-electron chi connectivity index (χ0n) is 19.6. The van der Waals surface area contributed by atoms with E-state index in [0.717, 1.165) is 17.5 Å². The maximum atomic E-state index is 13.2. The molecule has 0 bridgehead atoms. The van der Waals surface area contributed by atoms with E-state index in [1.54, 1.807) is 32.0 Å². The molecule has 0 radical (unpaired) electrons.